The van der Waals surface area contributed by atoms with Crippen LogP contribution in [0.3, 0.4) is 0 Å². The summed E-state index contributed by atoms with van der Waals surface area (Å²) in [6.45, 7) is 2.62. The van der Waals surface area contributed by atoms with E-state index in [1.54, 1.807) is 0 Å². The number of halogens is 1. The molecule has 0 fully saturated rings. The normalized spacial score (nSPS) is 10.1. The summed E-state index contributed by atoms with van der Waals surface area (Å²) in [7, 11) is 0. The zero-order valence-corrected chi connectivity index (χ0v) is 11.8. The smallest absolute Gasteiger partial charge is 0.131 e. The van der Waals surface area contributed by atoms with Gasteiger partial charge in [0.25, 0.3) is 0 Å². The molecular weight excluding hydrogens is 292 g/mol. The molecule has 2 rings (SSSR count). The van der Waals surface area contributed by atoms with E-state index in [1.807, 2.05) is 55.5 Å². The molecule has 0 saturated heterocycles. The first-order valence-corrected chi connectivity index (χ1v) is 6.99. The summed E-state index contributed by atoms with van der Waals surface area (Å²) in [5.41, 5.74) is 1.23. The van der Waals surface area contributed by atoms with Crippen molar-refractivity contribution in [2.45, 2.75) is 12.3 Å². The van der Waals surface area contributed by atoms with Gasteiger partial charge in [-0.25, -0.2) is 0 Å². The Balaban J connectivity index is 2.09. The van der Waals surface area contributed by atoms with E-state index in [9.17, 15) is 0 Å². The third-order valence-corrected chi connectivity index (χ3v) is 3.08. The molecule has 0 aliphatic heterocycles. The van der Waals surface area contributed by atoms with Gasteiger partial charge in [-0.2, -0.15) is 0 Å². The van der Waals surface area contributed by atoms with Gasteiger partial charge in [0.15, 0.2) is 0 Å². The lowest BCUT2D eigenvalue weighted by molar-refractivity contribution is 0.338. The maximum atomic E-state index is 5.77. The van der Waals surface area contributed by atoms with Gasteiger partial charge in [-0.05, 0) is 36.8 Å². The Morgan fingerprint density at radius 1 is 0.944 bits per heavy atom. The first-order valence-electron chi connectivity index (χ1n) is 5.87. The number of ether oxygens (including phenoxy) is 2. The van der Waals surface area contributed by atoms with Crippen molar-refractivity contribution in [3.8, 4) is 17.2 Å². The summed E-state index contributed by atoms with van der Waals surface area (Å²) in [5, 5.41) is 0.854. The van der Waals surface area contributed by atoms with E-state index in [2.05, 4.69) is 15.9 Å². The molecular formula is C15H15BrO2. The second-order valence-electron chi connectivity index (χ2n) is 3.79. The Morgan fingerprint density at radius 3 is 2.33 bits per heavy atom. The van der Waals surface area contributed by atoms with Gasteiger partial charge in [0, 0.05) is 11.4 Å². The average molecular weight is 307 g/mol. The summed E-state index contributed by atoms with van der Waals surface area (Å²) in [6.07, 6.45) is 0. The Kier molecular flexibility index (Phi) is 4.65. The molecule has 2 aromatic rings. The van der Waals surface area contributed by atoms with Crippen LogP contribution in [-0.2, 0) is 5.33 Å². The van der Waals surface area contributed by atoms with Crippen LogP contribution < -0.4 is 9.47 Å². The Labute approximate surface area is 116 Å². The minimum Gasteiger partial charge on any atom is -0.494 e. The number of benzene rings is 2. The molecule has 0 bridgehead atoms. The number of rotatable bonds is 5. The van der Waals surface area contributed by atoms with Crippen molar-refractivity contribution < 1.29 is 9.47 Å². The summed E-state index contributed by atoms with van der Waals surface area (Å²) in [5.74, 6) is 2.44. The van der Waals surface area contributed by atoms with Gasteiger partial charge < -0.3 is 9.47 Å². The summed E-state index contributed by atoms with van der Waals surface area (Å²) in [4.78, 5) is 0. The van der Waals surface area contributed by atoms with Crippen molar-refractivity contribution in [2.75, 3.05) is 6.61 Å². The van der Waals surface area contributed by atoms with E-state index in [-0.39, 0.29) is 0 Å². The molecule has 2 nitrogen and oxygen atoms in total. The minimum absolute atomic E-state index is 0.656. The number of hydrogen-bond acceptors (Lipinski definition) is 2. The van der Waals surface area contributed by atoms with Crippen molar-refractivity contribution in [2.24, 2.45) is 0 Å². The van der Waals surface area contributed by atoms with Gasteiger partial charge in [0.05, 0.1) is 6.61 Å². The van der Waals surface area contributed by atoms with Crippen molar-refractivity contribution >= 4 is 15.9 Å². The molecule has 3 heteroatoms. The van der Waals surface area contributed by atoms with Crippen LogP contribution in [0.1, 0.15) is 12.5 Å². The standard InChI is InChI=1S/C15H15BrO2/c1-2-17-14-4-3-5-15(10-14)18-13-8-6-12(11-16)7-9-13/h3-10H,2,11H2,1H3. The van der Waals surface area contributed by atoms with Crippen LogP contribution >= 0.6 is 15.9 Å². The van der Waals surface area contributed by atoms with Gasteiger partial charge in [0.1, 0.15) is 17.2 Å². The van der Waals surface area contributed by atoms with E-state index >= 15 is 0 Å². The highest BCUT2D eigenvalue weighted by Crippen LogP contribution is 2.25. The molecule has 0 heterocycles. The predicted molar refractivity (Wildman–Crippen MR) is 76.8 cm³/mol. The Hall–Kier alpha value is -1.48. The lowest BCUT2D eigenvalue weighted by atomic mass is 10.2. The predicted octanol–water partition coefficient (Wildman–Crippen LogP) is 4.77. The van der Waals surface area contributed by atoms with E-state index in [1.165, 1.54) is 5.56 Å². The topological polar surface area (TPSA) is 18.5 Å². The van der Waals surface area contributed by atoms with E-state index < -0.39 is 0 Å². The third-order valence-electron chi connectivity index (χ3n) is 2.43. The minimum atomic E-state index is 0.656. The number of hydrogen-bond donors (Lipinski definition) is 0. The summed E-state index contributed by atoms with van der Waals surface area (Å²) >= 11 is 3.42. The first-order chi connectivity index (χ1) is 8.81. The van der Waals surface area contributed by atoms with Crippen LogP contribution in [0.2, 0.25) is 0 Å². The third kappa shape index (κ3) is 3.50. The van der Waals surface area contributed by atoms with Gasteiger partial charge >= 0.3 is 0 Å². The largest absolute Gasteiger partial charge is 0.494 e. The van der Waals surface area contributed by atoms with Crippen LogP contribution in [0.4, 0.5) is 0 Å². The Bertz CT molecular complexity index is 494. The molecule has 0 aromatic heterocycles. The molecule has 0 radical (unpaired) electrons. The molecule has 0 aliphatic rings. The molecule has 2 aromatic carbocycles. The zero-order chi connectivity index (χ0) is 12.8. The fourth-order valence-corrected chi connectivity index (χ4v) is 1.95. The highest BCUT2D eigenvalue weighted by Gasteiger charge is 1.99. The first kappa shape index (κ1) is 13.0. The number of alkyl halides is 1. The second kappa shape index (κ2) is 6.45. The van der Waals surface area contributed by atoms with Gasteiger partial charge in [-0.1, -0.05) is 34.1 Å². The van der Waals surface area contributed by atoms with Crippen molar-refractivity contribution in [1.82, 2.24) is 0 Å². The Morgan fingerprint density at radius 2 is 1.67 bits per heavy atom. The molecule has 18 heavy (non-hydrogen) atoms. The quantitative estimate of drug-likeness (QED) is 0.741. The van der Waals surface area contributed by atoms with Crippen LogP contribution in [0.5, 0.6) is 17.2 Å². The zero-order valence-electron chi connectivity index (χ0n) is 10.2. The molecule has 0 spiro atoms. The molecule has 0 N–H and O–H groups in total. The van der Waals surface area contributed by atoms with E-state index in [0.717, 1.165) is 22.6 Å². The van der Waals surface area contributed by atoms with Gasteiger partial charge in [-0.15, -0.1) is 0 Å². The fraction of sp³-hybridized carbons (Fsp3) is 0.200. The monoisotopic (exact) mass is 306 g/mol. The highest BCUT2D eigenvalue weighted by atomic mass is 79.9. The molecule has 0 aliphatic carbocycles. The fourth-order valence-electron chi connectivity index (χ4n) is 1.58. The molecule has 0 atom stereocenters. The van der Waals surface area contributed by atoms with Crippen LogP contribution in [-0.4, -0.2) is 6.61 Å². The maximum Gasteiger partial charge on any atom is 0.131 e. The van der Waals surface area contributed by atoms with Crippen LogP contribution in [0.15, 0.2) is 48.5 Å². The van der Waals surface area contributed by atoms with Crippen molar-refractivity contribution in [3.63, 3.8) is 0 Å². The highest BCUT2D eigenvalue weighted by molar-refractivity contribution is 9.08. The van der Waals surface area contributed by atoms with E-state index in [0.29, 0.717) is 6.61 Å². The molecule has 0 saturated carbocycles. The lowest BCUT2D eigenvalue weighted by Gasteiger charge is -2.08. The SMILES string of the molecule is CCOc1cccc(Oc2ccc(CBr)cc2)c1. The van der Waals surface area contributed by atoms with Crippen LogP contribution in [0.25, 0.3) is 0 Å². The van der Waals surface area contributed by atoms with Crippen LogP contribution in [0, 0.1) is 0 Å². The maximum absolute atomic E-state index is 5.77. The molecule has 0 amide bonds. The second-order valence-corrected chi connectivity index (χ2v) is 4.35. The molecule has 0 unspecified atom stereocenters. The van der Waals surface area contributed by atoms with Crippen molar-refractivity contribution in [1.29, 1.82) is 0 Å². The van der Waals surface area contributed by atoms with E-state index in [4.69, 9.17) is 9.47 Å². The summed E-state index contributed by atoms with van der Waals surface area (Å²) < 4.78 is 11.2. The average Bonchev–Trinajstić information content (AvgIpc) is 2.40. The van der Waals surface area contributed by atoms with Crippen molar-refractivity contribution in [3.05, 3.63) is 54.1 Å². The van der Waals surface area contributed by atoms with Gasteiger partial charge in [0.2, 0.25) is 0 Å². The summed E-state index contributed by atoms with van der Waals surface area (Å²) in [6, 6.07) is 15.7. The lowest BCUT2D eigenvalue weighted by Crippen LogP contribution is -1.91. The molecule has 94 valence electrons. The van der Waals surface area contributed by atoms with Gasteiger partial charge in [-0.3, -0.25) is 0 Å².